The molecule has 0 saturated heterocycles. The highest BCUT2D eigenvalue weighted by atomic mass is 14.3. The predicted molar refractivity (Wildman–Crippen MR) is 171 cm³/mol. The first kappa shape index (κ1) is 23.9. The lowest BCUT2D eigenvalue weighted by molar-refractivity contribution is 1.56. The van der Waals surface area contributed by atoms with Crippen LogP contribution in [-0.2, 0) is 0 Å². The van der Waals surface area contributed by atoms with Crippen molar-refractivity contribution >= 4 is 10.8 Å². The van der Waals surface area contributed by atoms with Crippen LogP contribution in [0.4, 0.5) is 0 Å². The van der Waals surface area contributed by atoms with Gasteiger partial charge in [-0.3, -0.25) is 0 Å². The zero-order valence-corrected chi connectivity index (χ0v) is 22.2. The van der Waals surface area contributed by atoms with Crippen LogP contribution in [0, 0.1) is 0 Å². The second-order valence-electron chi connectivity index (χ2n) is 10.1. The fourth-order valence-corrected chi connectivity index (χ4v) is 5.89. The Balaban J connectivity index is 1.73. The Bertz CT molecular complexity index is 1890. The van der Waals surface area contributed by atoms with Gasteiger partial charge in [-0.15, -0.1) is 0 Å². The molecule has 0 unspecified atom stereocenters. The third-order valence-corrected chi connectivity index (χ3v) is 7.67. The smallest absolute Gasteiger partial charge is 0.00141 e. The second-order valence-corrected chi connectivity index (χ2v) is 10.1. The largest absolute Gasteiger partial charge is 0.0622 e. The van der Waals surface area contributed by atoms with E-state index in [-0.39, 0.29) is 0 Å². The van der Waals surface area contributed by atoms with Crippen molar-refractivity contribution < 1.29 is 0 Å². The predicted octanol–water partition coefficient (Wildman–Crippen LogP) is 11.2. The minimum absolute atomic E-state index is 1.21. The Morgan fingerprint density at radius 2 is 0.525 bits per heavy atom. The highest BCUT2D eigenvalue weighted by Crippen LogP contribution is 2.51. The van der Waals surface area contributed by atoms with Crippen molar-refractivity contribution in [3.05, 3.63) is 170 Å². The first-order chi connectivity index (χ1) is 19.9. The molecule has 0 aliphatic heterocycles. The van der Waals surface area contributed by atoms with Gasteiger partial charge in [-0.25, -0.2) is 0 Å². The summed E-state index contributed by atoms with van der Waals surface area (Å²) in [7, 11) is 0. The lowest BCUT2D eigenvalue weighted by atomic mass is 9.78. The summed E-state index contributed by atoms with van der Waals surface area (Å²) in [5.74, 6) is 0. The summed E-state index contributed by atoms with van der Waals surface area (Å²) < 4.78 is 0. The van der Waals surface area contributed by atoms with Crippen LogP contribution in [0.3, 0.4) is 0 Å². The highest BCUT2D eigenvalue weighted by Gasteiger charge is 2.24. The van der Waals surface area contributed by atoms with E-state index in [0.29, 0.717) is 0 Å². The van der Waals surface area contributed by atoms with Crippen LogP contribution in [0.5, 0.6) is 0 Å². The van der Waals surface area contributed by atoms with Gasteiger partial charge in [0.05, 0.1) is 0 Å². The molecular weight excluding hydrogens is 480 g/mol. The molecule has 0 radical (unpaired) electrons. The van der Waals surface area contributed by atoms with Crippen LogP contribution in [0.25, 0.3) is 66.4 Å². The highest BCUT2D eigenvalue weighted by molar-refractivity contribution is 6.18. The van der Waals surface area contributed by atoms with Gasteiger partial charge in [-0.05, 0) is 72.5 Å². The Kier molecular flexibility index (Phi) is 6.28. The zero-order valence-electron chi connectivity index (χ0n) is 22.2. The molecule has 0 spiro atoms. The SMILES string of the molecule is c1ccc(-c2ccc3c(-c4ccccc4)c(-c4ccccc4)c(-c4ccccc4)c(-c4ccccc4)c3c2)cc1. The molecule has 0 aromatic heterocycles. The van der Waals surface area contributed by atoms with Crippen LogP contribution in [0.1, 0.15) is 0 Å². The fourth-order valence-electron chi connectivity index (χ4n) is 5.89. The zero-order chi connectivity index (χ0) is 26.7. The minimum atomic E-state index is 1.21. The number of hydrogen-bond acceptors (Lipinski definition) is 0. The van der Waals surface area contributed by atoms with Crippen LogP contribution in [0.15, 0.2) is 170 Å². The first-order valence-electron chi connectivity index (χ1n) is 13.8. The number of rotatable bonds is 5. The number of benzene rings is 7. The maximum atomic E-state index is 2.39. The fraction of sp³-hybridized carbons (Fsp3) is 0. The van der Waals surface area contributed by atoms with E-state index in [0.717, 1.165) is 0 Å². The molecule has 0 fully saturated rings. The summed E-state index contributed by atoms with van der Waals surface area (Å²) in [5, 5.41) is 2.51. The van der Waals surface area contributed by atoms with Crippen LogP contribution < -0.4 is 0 Å². The van der Waals surface area contributed by atoms with E-state index >= 15 is 0 Å². The molecule has 0 atom stereocenters. The molecule has 0 heteroatoms. The Hall–Kier alpha value is -5.20. The molecule has 0 N–H and O–H groups in total. The molecular formula is C40H28. The summed E-state index contributed by atoms with van der Waals surface area (Å²) >= 11 is 0. The first-order valence-corrected chi connectivity index (χ1v) is 13.8. The number of hydrogen-bond donors (Lipinski definition) is 0. The number of fused-ring (bicyclic) bond motifs is 1. The molecule has 0 aliphatic rings. The van der Waals surface area contributed by atoms with Gasteiger partial charge >= 0.3 is 0 Å². The molecule has 7 rings (SSSR count). The molecule has 7 aromatic rings. The van der Waals surface area contributed by atoms with E-state index in [1.807, 2.05) is 0 Å². The lowest BCUT2D eigenvalue weighted by Crippen LogP contribution is -1.97. The molecule has 188 valence electrons. The quantitative estimate of drug-likeness (QED) is 0.217. The molecule has 0 heterocycles. The Labute approximate surface area is 235 Å². The van der Waals surface area contributed by atoms with Gasteiger partial charge in [0.1, 0.15) is 0 Å². The lowest BCUT2D eigenvalue weighted by Gasteiger charge is -2.24. The molecule has 0 aliphatic carbocycles. The van der Waals surface area contributed by atoms with E-state index in [2.05, 4.69) is 170 Å². The summed E-state index contributed by atoms with van der Waals surface area (Å²) in [5.41, 5.74) is 12.3. The van der Waals surface area contributed by atoms with Gasteiger partial charge in [0.15, 0.2) is 0 Å². The van der Waals surface area contributed by atoms with E-state index in [1.165, 1.54) is 66.4 Å². The van der Waals surface area contributed by atoms with Crippen LogP contribution in [0.2, 0.25) is 0 Å². The van der Waals surface area contributed by atoms with Gasteiger partial charge in [0.25, 0.3) is 0 Å². The van der Waals surface area contributed by atoms with E-state index < -0.39 is 0 Å². The molecule has 7 aromatic carbocycles. The van der Waals surface area contributed by atoms with Crippen LogP contribution in [-0.4, -0.2) is 0 Å². The normalized spacial score (nSPS) is 11.0. The van der Waals surface area contributed by atoms with Crippen molar-refractivity contribution in [2.75, 3.05) is 0 Å². The Morgan fingerprint density at radius 1 is 0.200 bits per heavy atom. The van der Waals surface area contributed by atoms with Gasteiger partial charge in [0.2, 0.25) is 0 Å². The molecule has 0 bridgehead atoms. The summed E-state index contributed by atoms with van der Waals surface area (Å²) in [6, 6.07) is 61.1. The van der Waals surface area contributed by atoms with E-state index in [1.54, 1.807) is 0 Å². The Morgan fingerprint density at radius 3 is 0.925 bits per heavy atom. The van der Waals surface area contributed by atoms with Gasteiger partial charge < -0.3 is 0 Å². The third-order valence-electron chi connectivity index (χ3n) is 7.67. The average molecular weight is 509 g/mol. The van der Waals surface area contributed by atoms with Crippen molar-refractivity contribution in [1.29, 1.82) is 0 Å². The molecule has 40 heavy (non-hydrogen) atoms. The van der Waals surface area contributed by atoms with Gasteiger partial charge in [-0.2, -0.15) is 0 Å². The van der Waals surface area contributed by atoms with Crippen molar-refractivity contribution in [2.45, 2.75) is 0 Å². The molecule has 0 nitrogen and oxygen atoms in total. The van der Waals surface area contributed by atoms with Crippen molar-refractivity contribution in [3.8, 4) is 55.6 Å². The average Bonchev–Trinajstić information content (AvgIpc) is 3.05. The summed E-state index contributed by atoms with van der Waals surface area (Å²) in [6.45, 7) is 0. The van der Waals surface area contributed by atoms with Crippen molar-refractivity contribution in [1.82, 2.24) is 0 Å². The van der Waals surface area contributed by atoms with Crippen LogP contribution >= 0.6 is 0 Å². The standard InChI is InChI=1S/C40H28/c1-6-16-29(17-7-1)34-26-27-35-36(28-34)38(31-20-10-3-11-21-31)40(33-24-14-5-15-25-33)39(32-22-12-4-13-23-32)37(35)30-18-8-2-9-19-30/h1-28H. The minimum Gasteiger partial charge on any atom is -0.0622 e. The van der Waals surface area contributed by atoms with Crippen molar-refractivity contribution in [2.24, 2.45) is 0 Å². The van der Waals surface area contributed by atoms with Crippen molar-refractivity contribution in [3.63, 3.8) is 0 Å². The molecule has 0 saturated carbocycles. The topological polar surface area (TPSA) is 0 Å². The summed E-state index contributed by atoms with van der Waals surface area (Å²) in [4.78, 5) is 0. The van der Waals surface area contributed by atoms with Gasteiger partial charge in [0, 0.05) is 0 Å². The van der Waals surface area contributed by atoms with E-state index in [9.17, 15) is 0 Å². The van der Waals surface area contributed by atoms with E-state index in [4.69, 9.17) is 0 Å². The summed E-state index contributed by atoms with van der Waals surface area (Å²) in [6.07, 6.45) is 0. The maximum absolute atomic E-state index is 2.39. The molecule has 0 amide bonds. The monoisotopic (exact) mass is 508 g/mol. The maximum Gasteiger partial charge on any atom is -0.00141 e. The second kappa shape index (κ2) is 10.5. The third kappa shape index (κ3) is 4.30. The van der Waals surface area contributed by atoms with Gasteiger partial charge in [-0.1, -0.05) is 164 Å².